The minimum absolute atomic E-state index is 0.286. The van der Waals surface area contributed by atoms with Crippen LogP contribution in [-0.4, -0.2) is 41.4 Å². The molecule has 6 heteroatoms. The molecular weight excluding hydrogens is 274 g/mol. The summed E-state index contributed by atoms with van der Waals surface area (Å²) in [6, 6.07) is 7.81. The van der Waals surface area contributed by atoms with E-state index in [1.807, 2.05) is 31.2 Å². The van der Waals surface area contributed by atoms with Crippen molar-refractivity contribution in [3.8, 4) is 0 Å². The number of nitrogens with one attached hydrogen (secondary N) is 1. The lowest BCUT2D eigenvalue weighted by molar-refractivity contribution is -0.146. The van der Waals surface area contributed by atoms with Crippen molar-refractivity contribution in [3.05, 3.63) is 30.6 Å². The summed E-state index contributed by atoms with van der Waals surface area (Å²) in [6.07, 6.45) is 1.54. The first-order valence-electron chi connectivity index (χ1n) is 6.20. The van der Waals surface area contributed by atoms with Crippen LogP contribution < -0.4 is 5.32 Å². The first-order valence-corrected chi connectivity index (χ1v) is 7.19. The minimum Gasteiger partial charge on any atom is -0.468 e. The van der Waals surface area contributed by atoms with Crippen molar-refractivity contribution in [1.29, 1.82) is 0 Å². The maximum Gasteiger partial charge on any atom is 0.326 e. The summed E-state index contributed by atoms with van der Waals surface area (Å²) >= 11 is 1.51. The van der Waals surface area contributed by atoms with Crippen LogP contribution in [0.15, 0.2) is 35.6 Å². The molecular formula is C14H17N3O2S. The summed E-state index contributed by atoms with van der Waals surface area (Å²) in [5.41, 5.74) is 0.153. The fourth-order valence-corrected chi connectivity index (χ4v) is 2.90. The quantitative estimate of drug-likeness (QED) is 0.515. The van der Waals surface area contributed by atoms with Crippen molar-refractivity contribution < 1.29 is 9.53 Å². The summed E-state index contributed by atoms with van der Waals surface area (Å²) in [4.78, 5) is 20.3. The molecule has 1 N–H and O–H groups in total. The summed E-state index contributed by atoms with van der Waals surface area (Å²) in [7, 11) is 3.14. The highest BCUT2D eigenvalue weighted by molar-refractivity contribution is 7.99. The largest absolute Gasteiger partial charge is 0.468 e. The van der Waals surface area contributed by atoms with Gasteiger partial charge in [-0.1, -0.05) is 18.2 Å². The third-order valence-electron chi connectivity index (χ3n) is 3.19. The smallest absolute Gasteiger partial charge is 0.326 e. The molecule has 0 aliphatic rings. The van der Waals surface area contributed by atoms with Crippen molar-refractivity contribution in [2.24, 2.45) is 0 Å². The van der Waals surface area contributed by atoms with Gasteiger partial charge in [0.15, 0.2) is 0 Å². The second-order valence-corrected chi connectivity index (χ2v) is 5.52. The van der Waals surface area contributed by atoms with Gasteiger partial charge in [-0.05, 0) is 20.0 Å². The minimum atomic E-state index is -0.745. The normalized spacial score (nSPS) is 13.9. The molecule has 0 spiro atoms. The maximum absolute atomic E-state index is 11.8. The zero-order chi connectivity index (χ0) is 14.6. The van der Waals surface area contributed by atoms with Crippen LogP contribution in [0.25, 0.3) is 10.9 Å². The fraction of sp³-hybridized carbons (Fsp3) is 0.357. The molecule has 1 unspecified atom stereocenters. The molecule has 0 fully saturated rings. The van der Waals surface area contributed by atoms with Crippen molar-refractivity contribution in [2.45, 2.75) is 17.5 Å². The lowest BCUT2D eigenvalue weighted by Gasteiger charge is -2.25. The number of carbonyl (C=O) groups is 1. The number of benzene rings is 1. The second-order valence-electron chi connectivity index (χ2n) is 4.56. The van der Waals surface area contributed by atoms with Crippen LogP contribution in [0.5, 0.6) is 0 Å². The number of likely N-dealkylation sites (N-methyl/N-ethyl adjacent to an activating group) is 1. The Kier molecular flexibility index (Phi) is 4.57. The van der Waals surface area contributed by atoms with Crippen LogP contribution in [0, 0.1) is 0 Å². The summed E-state index contributed by atoms with van der Waals surface area (Å²) in [6.45, 7) is 1.81. The average Bonchev–Trinajstić information content (AvgIpc) is 2.51. The molecule has 1 aromatic heterocycles. The van der Waals surface area contributed by atoms with Crippen LogP contribution in [-0.2, 0) is 9.53 Å². The molecule has 1 aromatic carbocycles. The topological polar surface area (TPSA) is 64.1 Å². The number of rotatable bonds is 5. The van der Waals surface area contributed by atoms with Crippen LogP contribution in [0.4, 0.5) is 0 Å². The summed E-state index contributed by atoms with van der Waals surface area (Å²) < 4.78 is 4.83. The van der Waals surface area contributed by atoms with Crippen molar-refractivity contribution >= 4 is 28.6 Å². The highest BCUT2D eigenvalue weighted by Crippen LogP contribution is 2.27. The molecule has 0 saturated heterocycles. The Morgan fingerprint density at radius 1 is 1.40 bits per heavy atom. The number of thioether (sulfide) groups is 1. The number of para-hydroxylation sites is 1. The van der Waals surface area contributed by atoms with E-state index < -0.39 is 5.54 Å². The Bertz CT molecular complexity index is 615. The lowest BCUT2D eigenvalue weighted by Crippen LogP contribution is -2.50. The van der Waals surface area contributed by atoms with E-state index in [2.05, 4.69) is 15.3 Å². The average molecular weight is 291 g/mol. The van der Waals surface area contributed by atoms with Crippen molar-refractivity contribution in [3.63, 3.8) is 0 Å². The number of nitrogens with zero attached hydrogens (tertiary/aromatic N) is 2. The third-order valence-corrected chi connectivity index (χ3v) is 4.51. The van der Waals surface area contributed by atoms with Gasteiger partial charge in [-0.3, -0.25) is 4.79 Å². The van der Waals surface area contributed by atoms with E-state index in [9.17, 15) is 4.79 Å². The number of hydrogen-bond donors (Lipinski definition) is 1. The zero-order valence-electron chi connectivity index (χ0n) is 11.7. The molecule has 1 heterocycles. The fourth-order valence-electron chi connectivity index (χ4n) is 1.77. The molecule has 106 valence electrons. The van der Waals surface area contributed by atoms with Gasteiger partial charge in [-0.2, -0.15) is 0 Å². The molecule has 0 aliphatic heterocycles. The molecule has 0 bridgehead atoms. The molecule has 1 atom stereocenters. The van der Waals surface area contributed by atoms with E-state index >= 15 is 0 Å². The van der Waals surface area contributed by atoms with Crippen molar-refractivity contribution in [2.75, 3.05) is 19.9 Å². The zero-order valence-corrected chi connectivity index (χ0v) is 12.5. The molecule has 0 aliphatic carbocycles. The van der Waals surface area contributed by atoms with Gasteiger partial charge in [-0.25, -0.2) is 9.97 Å². The number of ether oxygens (including phenoxy) is 1. The van der Waals surface area contributed by atoms with Gasteiger partial charge in [0.25, 0.3) is 0 Å². The Hall–Kier alpha value is -1.66. The lowest BCUT2D eigenvalue weighted by atomic mass is 10.1. The standard InChI is InChI=1S/C14H17N3O2S/c1-14(15-2,13(18)19-3)8-20-12-10-6-4-5-7-11(10)16-9-17-12/h4-7,9,15H,8H2,1-3H3. The number of methoxy groups -OCH3 is 1. The van der Waals surface area contributed by atoms with Gasteiger partial charge in [0.05, 0.1) is 12.6 Å². The van der Waals surface area contributed by atoms with Gasteiger partial charge >= 0.3 is 5.97 Å². The Balaban J connectivity index is 2.23. The van der Waals surface area contributed by atoms with E-state index in [-0.39, 0.29) is 5.97 Å². The number of fused-ring (bicyclic) bond motifs is 1. The Morgan fingerprint density at radius 2 is 2.15 bits per heavy atom. The van der Waals surface area contributed by atoms with Gasteiger partial charge < -0.3 is 10.1 Å². The monoisotopic (exact) mass is 291 g/mol. The number of carbonyl (C=O) groups excluding carboxylic acids is 1. The molecule has 2 aromatic rings. The number of aromatic nitrogens is 2. The highest BCUT2D eigenvalue weighted by Gasteiger charge is 2.32. The molecule has 20 heavy (non-hydrogen) atoms. The first-order chi connectivity index (χ1) is 9.60. The van der Waals surface area contributed by atoms with Crippen LogP contribution in [0.1, 0.15) is 6.92 Å². The van der Waals surface area contributed by atoms with Crippen LogP contribution >= 0.6 is 11.8 Å². The molecule has 0 radical (unpaired) electrons. The number of hydrogen-bond acceptors (Lipinski definition) is 6. The molecule has 5 nitrogen and oxygen atoms in total. The van der Waals surface area contributed by atoms with E-state index in [0.717, 1.165) is 15.9 Å². The molecule has 0 amide bonds. The number of esters is 1. The molecule has 0 saturated carbocycles. The maximum atomic E-state index is 11.8. The third kappa shape index (κ3) is 2.91. The van der Waals surface area contributed by atoms with Gasteiger partial charge in [-0.15, -0.1) is 11.8 Å². The van der Waals surface area contributed by atoms with Crippen LogP contribution in [0.2, 0.25) is 0 Å². The molecule has 2 rings (SSSR count). The van der Waals surface area contributed by atoms with Crippen LogP contribution in [0.3, 0.4) is 0 Å². The van der Waals surface area contributed by atoms with E-state index in [0.29, 0.717) is 5.75 Å². The highest BCUT2D eigenvalue weighted by atomic mass is 32.2. The predicted octanol–water partition coefficient (Wildman–Crippen LogP) is 1.87. The first kappa shape index (κ1) is 14.7. The summed E-state index contributed by atoms with van der Waals surface area (Å²) in [5, 5.41) is 4.86. The Labute approximate surface area is 122 Å². The van der Waals surface area contributed by atoms with E-state index in [1.165, 1.54) is 18.9 Å². The predicted molar refractivity (Wildman–Crippen MR) is 79.7 cm³/mol. The van der Waals surface area contributed by atoms with Crippen molar-refractivity contribution in [1.82, 2.24) is 15.3 Å². The van der Waals surface area contributed by atoms with Gasteiger partial charge in [0.2, 0.25) is 0 Å². The van der Waals surface area contributed by atoms with Gasteiger partial charge in [0, 0.05) is 11.1 Å². The SMILES string of the molecule is CNC(C)(CSc1ncnc2ccccc12)C(=O)OC. The summed E-state index contributed by atoms with van der Waals surface area (Å²) in [5.74, 6) is 0.239. The second kappa shape index (κ2) is 6.19. The Morgan fingerprint density at radius 3 is 2.85 bits per heavy atom. The van der Waals surface area contributed by atoms with E-state index in [1.54, 1.807) is 13.4 Å². The van der Waals surface area contributed by atoms with E-state index in [4.69, 9.17) is 4.74 Å². The van der Waals surface area contributed by atoms with Gasteiger partial charge in [0.1, 0.15) is 16.9 Å².